The molecular formula is C17H14N2O3S. The molecule has 5 nitrogen and oxygen atoms in total. The fourth-order valence-corrected chi connectivity index (χ4v) is 2.68. The Morgan fingerprint density at radius 2 is 1.83 bits per heavy atom. The summed E-state index contributed by atoms with van der Waals surface area (Å²) in [6.45, 7) is 0. The van der Waals surface area contributed by atoms with Gasteiger partial charge in [-0.05, 0) is 29.8 Å². The lowest BCUT2D eigenvalue weighted by Gasteiger charge is -2.01. The smallest absolute Gasteiger partial charge is 0.337 e. The summed E-state index contributed by atoms with van der Waals surface area (Å²) < 4.78 is 10.3. The molecule has 23 heavy (non-hydrogen) atoms. The zero-order valence-electron chi connectivity index (χ0n) is 12.4. The van der Waals surface area contributed by atoms with E-state index in [2.05, 4.69) is 14.9 Å². The Hall–Kier alpha value is -2.60. The van der Waals surface area contributed by atoms with Gasteiger partial charge in [-0.1, -0.05) is 42.1 Å². The molecule has 0 saturated carbocycles. The van der Waals surface area contributed by atoms with E-state index in [1.165, 1.54) is 18.9 Å². The van der Waals surface area contributed by atoms with Crippen molar-refractivity contribution in [1.29, 1.82) is 0 Å². The third-order valence-electron chi connectivity index (χ3n) is 3.16. The molecule has 0 bridgehead atoms. The van der Waals surface area contributed by atoms with E-state index in [0.29, 0.717) is 22.4 Å². The number of ether oxygens (including phenoxy) is 1. The number of benzene rings is 2. The van der Waals surface area contributed by atoms with Crippen LogP contribution in [-0.2, 0) is 10.5 Å². The number of rotatable bonds is 5. The first kappa shape index (κ1) is 15.3. The van der Waals surface area contributed by atoms with Gasteiger partial charge in [0.2, 0.25) is 5.89 Å². The summed E-state index contributed by atoms with van der Waals surface area (Å²) in [5, 5.41) is 8.60. The third-order valence-corrected chi connectivity index (χ3v) is 4.05. The zero-order chi connectivity index (χ0) is 16.1. The van der Waals surface area contributed by atoms with E-state index >= 15 is 0 Å². The van der Waals surface area contributed by atoms with Gasteiger partial charge in [-0.15, -0.1) is 10.2 Å². The van der Waals surface area contributed by atoms with Crippen LogP contribution >= 0.6 is 11.8 Å². The molecule has 1 aromatic heterocycles. The standard InChI is InChI=1S/C17H14N2O3S/c1-21-16(20)14-9-7-12(8-10-14)11-23-17-19-18-15(22-17)13-5-3-2-4-6-13/h2-10H,11H2,1H3. The van der Waals surface area contributed by atoms with Crippen molar-refractivity contribution in [2.45, 2.75) is 11.0 Å². The quantitative estimate of drug-likeness (QED) is 0.524. The van der Waals surface area contributed by atoms with Crippen LogP contribution in [0.1, 0.15) is 15.9 Å². The second-order valence-corrected chi connectivity index (χ2v) is 5.64. The second kappa shape index (κ2) is 7.11. The highest BCUT2D eigenvalue weighted by atomic mass is 32.2. The van der Waals surface area contributed by atoms with Crippen LogP contribution in [0.4, 0.5) is 0 Å². The maximum Gasteiger partial charge on any atom is 0.337 e. The summed E-state index contributed by atoms with van der Waals surface area (Å²) in [4.78, 5) is 11.4. The number of carbonyl (C=O) groups excluding carboxylic acids is 1. The van der Waals surface area contributed by atoms with Crippen molar-refractivity contribution < 1.29 is 13.9 Å². The summed E-state index contributed by atoms with van der Waals surface area (Å²) in [7, 11) is 1.37. The van der Waals surface area contributed by atoms with E-state index in [4.69, 9.17) is 4.42 Å². The number of hydrogen-bond acceptors (Lipinski definition) is 6. The summed E-state index contributed by atoms with van der Waals surface area (Å²) in [5.74, 6) is 0.848. The summed E-state index contributed by atoms with van der Waals surface area (Å²) in [6, 6.07) is 16.9. The number of aromatic nitrogens is 2. The Kier molecular flexibility index (Phi) is 4.73. The van der Waals surface area contributed by atoms with Gasteiger partial charge in [0.05, 0.1) is 12.7 Å². The van der Waals surface area contributed by atoms with Gasteiger partial charge in [0.25, 0.3) is 5.22 Å². The molecule has 0 N–H and O–H groups in total. The molecule has 0 aliphatic heterocycles. The SMILES string of the molecule is COC(=O)c1ccc(CSc2nnc(-c3ccccc3)o2)cc1. The first-order valence-corrected chi connectivity index (χ1v) is 7.94. The van der Waals surface area contributed by atoms with E-state index in [-0.39, 0.29) is 5.97 Å². The topological polar surface area (TPSA) is 65.2 Å². The molecule has 2 aromatic carbocycles. The Morgan fingerprint density at radius 3 is 2.52 bits per heavy atom. The highest BCUT2D eigenvalue weighted by Crippen LogP contribution is 2.25. The fraction of sp³-hybridized carbons (Fsp3) is 0.118. The lowest BCUT2D eigenvalue weighted by atomic mass is 10.1. The van der Waals surface area contributed by atoms with Crippen molar-refractivity contribution in [3.8, 4) is 11.5 Å². The number of thioether (sulfide) groups is 1. The average molecular weight is 326 g/mol. The van der Waals surface area contributed by atoms with Crippen LogP contribution in [0.15, 0.2) is 64.2 Å². The molecule has 3 rings (SSSR count). The van der Waals surface area contributed by atoms with Gasteiger partial charge in [-0.25, -0.2) is 4.79 Å². The van der Waals surface area contributed by atoms with Gasteiger partial charge in [0.15, 0.2) is 0 Å². The molecule has 3 aromatic rings. The van der Waals surface area contributed by atoms with E-state index in [1.807, 2.05) is 42.5 Å². The van der Waals surface area contributed by atoms with Gasteiger partial charge in [-0.3, -0.25) is 0 Å². The fourth-order valence-electron chi connectivity index (χ4n) is 1.97. The normalized spacial score (nSPS) is 10.5. The van der Waals surface area contributed by atoms with Gasteiger partial charge >= 0.3 is 5.97 Å². The largest absolute Gasteiger partial charge is 0.465 e. The predicted molar refractivity (Wildman–Crippen MR) is 87.1 cm³/mol. The minimum Gasteiger partial charge on any atom is -0.465 e. The lowest BCUT2D eigenvalue weighted by molar-refractivity contribution is 0.0600. The lowest BCUT2D eigenvalue weighted by Crippen LogP contribution is -2.00. The van der Waals surface area contributed by atoms with Crippen LogP contribution < -0.4 is 0 Å². The molecule has 0 atom stereocenters. The van der Waals surface area contributed by atoms with E-state index in [1.54, 1.807) is 12.1 Å². The van der Waals surface area contributed by atoms with Crippen molar-refractivity contribution >= 4 is 17.7 Å². The van der Waals surface area contributed by atoms with Crippen molar-refractivity contribution in [2.75, 3.05) is 7.11 Å². The van der Waals surface area contributed by atoms with Gasteiger partial charge in [0.1, 0.15) is 0 Å². The summed E-state index contributed by atoms with van der Waals surface area (Å²) >= 11 is 1.45. The van der Waals surface area contributed by atoms with Crippen molar-refractivity contribution in [2.24, 2.45) is 0 Å². The maximum atomic E-state index is 11.4. The number of carbonyl (C=O) groups is 1. The summed E-state index contributed by atoms with van der Waals surface area (Å²) in [6.07, 6.45) is 0. The molecule has 0 unspecified atom stereocenters. The zero-order valence-corrected chi connectivity index (χ0v) is 13.2. The Balaban J connectivity index is 1.63. The number of esters is 1. The van der Waals surface area contributed by atoms with Crippen LogP contribution in [0.2, 0.25) is 0 Å². The molecular weight excluding hydrogens is 312 g/mol. The highest BCUT2D eigenvalue weighted by Gasteiger charge is 2.09. The Morgan fingerprint density at radius 1 is 1.09 bits per heavy atom. The number of hydrogen-bond donors (Lipinski definition) is 0. The van der Waals surface area contributed by atoms with Gasteiger partial charge in [0, 0.05) is 11.3 Å². The van der Waals surface area contributed by atoms with Crippen LogP contribution in [0.25, 0.3) is 11.5 Å². The van der Waals surface area contributed by atoms with E-state index in [9.17, 15) is 4.79 Å². The summed E-state index contributed by atoms with van der Waals surface area (Å²) in [5.41, 5.74) is 2.49. The maximum absolute atomic E-state index is 11.4. The van der Waals surface area contributed by atoms with Crippen LogP contribution in [0, 0.1) is 0 Å². The average Bonchev–Trinajstić information content (AvgIpc) is 3.09. The molecule has 6 heteroatoms. The van der Waals surface area contributed by atoms with Crippen molar-refractivity contribution in [3.63, 3.8) is 0 Å². The number of methoxy groups -OCH3 is 1. The van der Waals surface area contributed by atoms with Crippen LogP contribution in [0.3, 0.4) is 0 Å². The van der Waals surface area contributed by atoms with Crippen molar-refractivity contribution in [1.82, 2.24) is 10.2 Å². The predicted octanol–water partition coefficient (Wildman–Crippen LogP) is 3.82. The first-order valence-electron chi connectivity index (χ1n) is 6.95. The molecule has 0 radical (unpaired) electrons. The van der Waals surface area contributed by atoms with Crippen molar-refractivity contribution in [3.05, 3.63) is 65.7 Å². The molecule has 0 saturated heterocycles. The van der Waals surface area contributed by atoms with E-state index < -0.39 is 0 Å². The van der Waals surface area contributed by atoms with Crippen LogP contribution in [0.5, 0.6) is 0 Å². The monoisotopic (exact) mass is 326 g/mol. The minimum absolute atomic E-state index is 0.339. The Bertz CT molecular complexity index is 785. The molecule has 1 heterocycles. The molecule has 0 aliphatic rings. The molecule has 0 fully saturated rings. The molecule has 0 aliphatic carbocycles. The number of nitrogens with zero attached hydrogens (tertiary/aromatic N) is 2. The molecule has 0 amide bonds. The van der Waals surface area contributed by atoms with Crippen LogP contribution in [-0.4, -0.2) is 23.3 Å². The van der Waals surface area contributed by atoms with E-state index in [0.717, 1.165) is 11.1 Å². The van der Waals surface area contributed by atoms with Gasteiger partial charge in [-0.2, -0.15) is 0 Å². The highest BCUT2D eigenvalue weighted by molar-refractivity contribution is 7.98. The molecule has 116 valence electrons. The molecule has 0 spiro atoms. The van der Waals surface area contributed by atoms with Gasteiger partial charge < -0.3 is 9.15 Å². The third kappa shape index (κ3) is 3.78. The first-order chi connectivity index (χ1) is 11.3. The Labute approximate surface area is 137 Å². The second-order valence-electron chi connectivity index (χ2n) is 4.72. The minimum atomic E-state index is -0.339.